The van der Waals surface area contributed by atoms with Gasteiger partial charge in [-0.05, 0) is 55.7 Å². The summed E-state index contributed by atoms with van der Waals surface area (Å²) in [6.45, 7) is 4.38. The van der Waals surface area contributed by atoms with Gasteiger partial charge in [0.2, 0.25) is 5.78 Å². The summed E-state index contributed by atoms with van der Waals surface area (Å²) < 4.78 is 12.5. The second-order valence-electron chi connectivity index (χ2n) is 7.31. The molecular formula is C26H27NO4. The highest BCUT2D eigenvalue weighted by Gasteiger charge is 2.17. The summed E-state index contributed by atoms with van der Waals surface area (Å²) in [5, 5.41) is 0. The first-order valence-electron chi connectivity index (χ1n) is 10.2. The number of carbonyl (C=O) groups is 2. The van der Waals surface area contributed by atoms with Crippen LogP contribution in [0.2, 0.25) is 0 Å². The number of benzene rings is 2. The summed E-state index contributed by atoms with van der Waals surface area (Å²) in [7, 11) is 1.65. The molecule has 1 heterocycles. The highest BCUT2D eigenvalue weighted by Crippen LogP contribution is 2.18. The van der Waals surface area contributed by atoms with Gasteiger partial charge in [0.05, 0.1) is 7.11 Å². The molecule has 31 heavy (non-hydrogen) atoms. The summed E-state index contributed by atoms with van der Waals surface area (Å²) in [6, 6.07) is 19.3. The molecule has 0 amide bonds. The van der Waals surface area contributed by atoms with E-state index in [1.54, 1.807) is 13.2 Å². The molecule has 2 aromatic carbocycles. The topological polar surface area (TPSA) is 57.5 Å². The van der Waals surface area contributed by atoms with Gasteiger partial charge in [0.1, 0.15) is 5.75 Å². The van der Waals surface area contributed by atoms with E-state index < -0.39 is 5.97 Å². The lowest BCUT2D eigenvalue weighted by molar-refractivity contribution is -0.136. The summed E-state index contributed by atoms with van der Waals surface area (Å²) in [4.78, 5) is 24.6. The minimum Gasteiger partial charge on any atom is -0.497 e. The lowest BCUT2D eigenvalue weighted by Gasteiger charge is -2.10. The number of Topliss-reactive ketones (excluding diaryl/α,β-unsaturated/α-hetero) is 1. The Morgan fingerprint density at radius 1 is 1.00 bits per heavy atom. The van der Waals surface area contributed by atoms with Crippen molar-refractivity contribution in [1.29, 1.82) is 0 Å². The molecule has 0 spiro atoms. The molecule has 0 saturated heterocycles. The molecule has 0 saturated carbocycles. The van der Waals surface area contributed by atoms with E-state index in [1.807, 2.05) is 74.5 Å². The minimum absolute atomic E-state index is 0.203. The number of aromatic nitrogens is 1. The minimum atomic E-state index is -0.537. The van der Waals surface area contributed by atoms with Crippen LogP contribution in [0.25, 0.3) is 6.08 Å². The van der Waals surface area contributed by atoms with Gasteiger partial charge in [-0.3, -0.25) is 4.79 Å². The van der Waals surface area contributed by atoms with Crippen LogP contribution in [0.15, 0.2) is 66.7 Å². The maximum atomic E-state index is 12.6. The van der Waals surface area contributed by atoms with Crippen molar-refractivity contribution in [2.75, 3.05) is 13.7 Å². The van der Waals surface area contributed by atoms with Crippen LogP contribution in [0.3, 0.4) is 0 Å². The average molecular weight is 418 g/mol. The fraction of sp³-hybridized carbons (Fsp3) is 0.231. The predicted molar refractivity (Wildman–Crippen MR) is 121 cm³/mol. The molecule has 0 bridgehead atoms. The van der Waals surface area contributed by atoms with Crippen LogP contribution >= 0.6 is 0 Å². The van der Waals surface area contributed by atoms with E-state index >= 15 is 0 Å². The van der Waals surface area contributed by atoms with Crippen molar-refractivity contribution >= 4 is 17.8 Å². The van der Waals surface area contributed by atoms with Gasteiger partial charge in [0, 0.05) is 29.6 Å². The molecular weight excluding hydrogens is 390 g/mol. The van der Waals surface area contributed by atoms with Crippen LogP contribution in [0, 0.1) is 13.8 Å². The number of aryl methyl sites for hydroxylation is 2. The second-order valence-corrected chi connectivity index (χ2v) is 7.31. The molecule has 0 fully saturated rings. The smallest absolute Gasteiger partial charge is 0.331 e. The van der Waals surface area contributed by atoms with E-state index in [9.17, 15) is 9.59 Å². The van der Waals surface area contributed by atoms with E-state index in [-0.39, 0.29) is 12.4 Å². The van der Waals surface area contributed by atoms with Crippen LogP contribution in [0.5, 0.6) is 5.75 Å². The van der Waals surface area contributed by atoms with Gasteiger partial charge in [0.25, 0.3) is 0 Å². The first-order chi connectivity index (χ1) is 15.0. The molecule has 0 N–H and O–H groups in total. The predicted octanol–water partition coefficient (Wildman–Crippen LogP) is 4.80. The molecule has 0 atom stereocenters. The Kier molecular flexibility index (Phi) is 7.44. The molecule has 0 aliphatic carbocycles. The fourth-order valence-corrected chi connectivity index (χ4v) is 3.45. The Morgan fingerprint density at radius 3 is 2.39 bits per heavy atom. The van der Waals surface area contributed by atoms with Gasteiger partial charge >= 0.3 is 5.97 Å². The lowest BCUT2D eigenvalue weighted by Crippen LogP contribution is -2.14. The molecule has 5 nitrogen and oxygen atoms in total. The number of hydrogen-bond donors (Lipinski definition) is 0. The molecule has 1 aromatic heterocycles. The molecule has 0 radical (unpaired) electrons. The molecule has 0 aliphatic rings. The fourth-order valence-electron chi connectivity index (χ4n) is 3.45. The van der Waals surface area contributed by atoms with E-state index in [2.05, 4.69) is 4.57 Å². The Hall–Kier alpha value is -3.60. The molecule has 5 heteroatoms. The van der Waals surface area contributed by atoms with E-state index in [0.717, 1.165) is 35.7 Å². The average Bonchev–Trinajstić information content (AvgIpc) is 3.09. The highest BCUT2D eigenvalue weighted by molar-refractivity contribution is 6.00. The van der Waals surface area contributed by atoms with E-state index in [4.69, 9.17) is 9.47 Å². The van der Waals surface area contributed by atoms with Gasteiger partial charge < -0.3 is 14.0 Å². The molecule has 160 valence electrons. The van der Waals surface area contributed by atoms with Crippen molar-refractivity contribution in [1.82, 2.24) is 4.57 Å². The Balaban J connectivity index is 1.57. The number of nitrogens with zero attached hydrogens (tertiary/aromatic N) is 1. The zero-order valence-corrected chi connectivity index (χ0v) is 18.1. The summed E-state index contributed by atoms with van der Waals surface area (Å²) in [6.07, 6.45) is 3.84. The normalized spacial score (nSPS) is 10.9. The van der Waals surface area contributed by atoms with Crippen molar-refractivity contribution < 1.29 is 19.1 Å². The van der Waals surface area contributed by atoms with Crippen molar-refractivity contribution in [3.8, 4) is 5.75 Å². The van der Waals surface area contributed by atoms with Crippen molar-refractivity contribution in [2.45, 2.75) is 26.8 Å². The number of rotatable bonds is 9. The van der Waals surface area contributed by atoms with Gasteiger partial charge in [-0.1, -0.05) is 42.5 Å². The highest BCUT2D eigenvalue weighted by atomic mass is 16.5. The number of methoxy groups -OCH3 is 1. The zero-order valence-electron chi connectivity index (χ0n) is 18.1. The van der Waals surface area contributed by atoms with Crippen molar-refractivity contribution in [3.05, 3.63) is 94.8 Å². The summed E-state index contributed by atoms with van der Waals surface area (Å²) >= 11 is 0. The molecule has 0 aliphatic heterocycles. The standard InChI is InChI=1S/C26H27NO4/c1-19-17-24(20(2)27(19)16-15-22-9-12-23(30-3)13-10-22)25(28)18-31-26(29)14-11-21-7-5-4-6-8-21/h4-14,17H,15-16,18H2,1-3H3/b14-11+. The van der Waals surface area contributed by atoms with Crippen molar-refractivity contribution in [3.63, 3.8) is 0 Å². The van der Waals surface area contributed by atoms with E-state index in [0.29, 0.717) is 5.56 Å². The number of ketones is 1. The molecule has 3 aromatic rings. The first-order valence-corrected chi connectivity index (χ1v) is 10.2. The van der Waals surface area contributed by atoms with Crippen LogP contribution in [-0.2, 0) is 22.5 Å². The first kappa shape index (κ1) is 22.1. The number of carbonyl (C=O) groups excluding carboxylic acids is 2. The number of esters is 1. The Bertz CT molecular complexity index is 1060. The maximum absolute atomic E-state index is 12.6. The summed E-state index contributed by atoms with van der Waals surface area (Å²) in [5.41, 5.74) is 4.56. The maximum Gasteiger partial charge on any atom is 0.331 e. The second kappa shape index (κ2) is 10.4. The van der Waals surface area contributed by atoms with Gasteiger partial charge in [-0.25, -0.2) is 4.79 Å². The zero-order chi connectivity index (χ0) is 22.2. The lowest BCUT2D eigenvalue weighted by atomic mass is 10.1. The van der Waals surface area contributed by atoms with Crippen LogP contribution in [0.1, 0.15) is 32.9 Å². The van der Waals surface area contributed by atoms with Gasteiger partial charge in [-0.15, -0.1) is 0 Å². The van der Waals surface area contributed by atoms with Crippen LogP contribution in [0.4, 0.5) is 0 Å². The Morgan fingerprint density at radius 2 is 1.71 bits per heavy atom. The Labute approximate surface area is 182 Å². The number of ether oxygens (including phenoxy) is 2. The third-order valence-electron chi connectivity index (χ3n) is 5.21. The van der Waals surface area contributed by atoms with E-state index in [1.165, 1.54) is 11.6 Å². The third-order valence-corrected chi connectivity index (χ3v) is 5.21. The third kappa shape index (κ3) is 5.95. The summed E-state index contributed by atoms with van der Waals surface area (Å²) in [5.74, 6) is 0.0916. The molecule has 0 unspecified atom stereocenters. The largest absolute Gasteiger partial charge is 0.497 e. The van der Waals surface area contributed by atoms with Crippen LogP contribution < -0.4 is 4.74 Å². The van der Waals surface area contributed by atoms with Gasteiger partial charge in [-0.2, -0.15) is 0 Å². The van der Waals surface area contributed by atoms with Crippen molar-refractivity contribution in [2.24, 2.45) is 0 Å². The molecule has 3 rings (SSSR count). The monoisotopic (exact) mass is 417 g/mol. The number of hydrogen-bond acceptors (Lipinski definition) is 4. The van der Waals surface area contributed by atoms with Gasteiger partial charge in [0.15, 0.2) is 6.61 Å². The SMILES string of the molecule is COc1ccc(CCn2c(C)cc(C(=O)COC(=O)/C=C/c3ccccc3)c2C)cc1. The van der Waals surface area contributed by atoms with Crippen LogP contribution in [-0.4, -0.2) is 30.0 Å². The quantitative estimate of drug-likeness (QED) is 0.285.